The fourth-order valence-corrected chi connectivity index (χ4v) is 2.36. The van der Waals surface area contributed by atoms with Crippen molar-refractivity contribution in [2.24, 2.45) is 0 Å². The van der Waals surface area contributed by atoms with Crippen LogP contribution in [0.25, 0.3) is 0 Å². The molecule has 1 N–H and O–H groups in total. The van der Waals surface area contributed by atoms with Crippen LogP contribution in [0.2, 0.25) is 0 Å². The number of nitrogens with one attached hydrogen (secondary N) is 1. The summed E-state index contributed by atoms with van der Waals surface area (Å²) in [5.41, 5.74) is 2.82. The zero-order valence-corrected chi connectivity index (χ0v) is 11.9. The van der Waals surface area contributed by atoms with Gasteiger partial charge in [0.1, 0.15) is 0 Å². The third-order valence-electron chi connectivity index (χ3n) is 3.38. The molecule has 2 rings (SSSR count). The second-order valence-corrected chi connectivity index (χ2v) is 6.16. The first-order chi connectivity index (χ1) is 8.56. The first kappa shape index (κ1) is 13.3. The normalized spacial score (nSPS) is 16.9. The highest BCUT2D eigenvalue weighted by Crippen LogP contribution is 2.23. The van der Waals surface area contributed by atoms with Crippen LogP contribution >= 0.6 is 0 Å². The molecule has 0 amide bonds. The van der Waals surface area contributed by atoms with Crippen LogP contribution in [0.5, 0.6) is 0 Å². The van der Waals surface area contributed by atoms with Crippen molar-refractivity contribution in [3.63, 3.8) is 0 Å². The minimum atomic E-state index is 0.148. The molecule has 0 bridgehead atoms. The van der Waals surface area contributed by atoms with Gasteiger partial charge in [-0.2, -0.15) is 0 Å². The van der Waals surface area contributed by atoms with Gasteiger partial charge in [0.15, 0.2) is 0 Å². The molecule has 1 aliphatic heterocycles. The van der Waals surface area contributed by atoms with E-state index in [4.69, 9.17) is 0 Å². The molecule has 3 heteroatoms. The Labute approximate surface area is 111 Å². The van der Waals surface area contributed by atoms with E-state index in [1.165, 1.54) is 43.6 Å². The van der Waals surface area contributed by atoms with Gasteiger partial charge in [0, 0.05) is 48.8 Å². The summed E-state index contributed by atoms with van der Waals surface area (Å²) < 4.78 is 0. The van der Waals surface area contributed by atoms with E-state index in [1.807, 2.05) is 12.4 Å². The molecule has 2 heterocycles. The van der Waals surface area contributed by atoms with Gasteiger partial charge in [0.2, 0.25) is 0 Å². The summed E-state index contributed by atoms with van der Waals surface area (Å²) in [5.74, 6) is 0. The van der Waals surface area contributed by atoms with Crippen molar-refractivity contribution in [1.29, 1.82) is 0 Å². The van der Waals surface area contributed by atoms with Gasteiger partial charge in [-0.15, -0.1) is 0 Å². The predicted octanol–water partition coefficient (Wildman–Crippen LogP) is 2.96. The molecule has 0 aromatic carbocycles. The number of hydrogen-bond donors (Lipinski definition) is 1. The van der Waals surface area contributed by atoms with Gasteiger partial charge < -0.3 is 10.2 Å². The van der Waals surface area contributed by atoms with Gasteiger partial charge >= 0.3 is 0 Å². The average Bonchev–Trinajstić information content (AvgIpc) is 2.37. The maximum absolute atomic E-state index is 4.27. The van der Waals surface area contributed by atoms with Crippen molar-refractivity contribution >= 4 is 5.69 Å². The van der Waals surface area contributed by atoms with Gasteiger partial charge in [-0.3, -0.25) is 4.98 Å². The lowest BCUT2D eigenvalue weighted by Gasteiger charge is -2.31. The van der Waals surface area contributed by atoms with E-state index in [9.17, 15) is 0 Å². The SMILES string of the molecule is CC(C)(C)NCc1cnccc1N1CCCCC1. The molecule has 0 saturated carbocycles. The van der Waals surface area contributed by atoms with Gasteiger partial charge in [0.05, 0.1) is 0 Å². The van der Waals surface area contributed by atoms with Gasteiger partial charge in [-0.1, -0.05) is 0 Å². The topological polar surface area (TPSA) is 28.2 Å². The molecule has 100 valence electrons. The van der Waals surface area contributed by atoms with Crippen LogP contribution < -0.4 is 10.2 Å². The standard InChI is InChI=1S/C15H25N3/c1-15(2,3)17-12-13-11-16-8-7-14(13)18-9-5-4-6-10-18/h7-8,11,17H,4-6,9-10,12H2,1-3H3. The fraction of sp³-hybridized carbons (Fsp3) is 0.667. The van der Waals surface area contributed by atoms with Crippen molar-refractivity contribution in [3.8, 4) is 0 Å². The van der Waals surface area contributed by atoms with Gasteiger partial charge in [0.25, 0.3) is 0 Å². The number of hydrogen-bond acceptors (Lipinski definition) is 3. The van der Waals surface area contributed by atoms with Crippen LogP contribution in [0, 0.1) is 0 Å². The summed E-state index contributed by atoms with van der Waals surface area (Å²) in [6.07, 6.45) is 7.91. The van der Waals surface area contributed by atoms with E-state index >= 15 is 0 Å². The number of nitrogens with zero attached hydrogens (tertiary/aromatic N) is 2. The zero-order chi connectivity index (χ0) is 13.0. The lowest BCUT2D eigenvalue weighted by atomic mass is 10.1. The minimum Gasteiger partial charge on any atom is -0.371 e. The summed E-state index contributed by atoms with van der Waals surface area (Å²) in [6, 6.07) is 2.16. The third kappa shape index (κ3) is 3.70. The number of anilines is 1. The van der Waals surface area contributed by atoms with E-state index in [1.54, 1.807) is 0 Å². The molecule has 18 heavy (non-hydrogen) atoms. The van der Waals surface area contributed by atoms with Crippen LogP contribution in [0.1, 0.15) is 45.6 Å². The van der Waals surface area contributed by atoms with Crippen molar-refractivity contribution in [3.05, 3.63) is 24.0 Å². The molecule has 0 spiro atoms. The van der Waals surface area contributed by atoms with E-state index in [2.05, 4.69) is 42.0 Å². The van der Waals surface area contributed by atoms with Gasteiger partial charge in [-0.25, -0.2) is 0 Å². The van der Waals surface area contributed by atoms with E-state index in [-0.39, 0.29) is 5.54 Å². The monoisotopic (exact) mass is 247 g/mol. The summed E-state index contributed by atoms with van der Waals surface area (Å²) >= 11 is 0. The highest BCUT2D eigenvalue weighted by Gasteiger charge is 2.16. The number of pyridine rings is 1. The van der Waals surface area contributed by atoms with E-state index < -0.39 is 0 Å². The molecule has 0 aliphatic carbocycles. The molecule has 0 unspecified atom stereocenters. The first-order valence-electron chi connectivity index (χ1n) is 6.99. The lowest BCUT2D eigenvalue weighted by Crippen LogP contribution is -2.36. The summed E-state index contributed by atoms with van der Waals surface area (Å²) in [6.45, 7) is 9.86. The lowest BCUT2D eigenvalue weighted by molar-refractivity contribution is 0.423. The van der Waals surface area contributed by atoms with Crippen LogP contribution in [-0.2, 0) is 6.54 Å². The molecule has 0 atom stereocenters. The predicted molar refractivity (Wildman–Crippen MR) is 76.9 cm³/mol. The minimum absolute atomic E-state index is 0.148. The molecule has 1 aliphatic rings. The van der Waals surface area contributed by atoms with Crippen LogP contribution in [0.3, 0.4) is 0 Å². The van der Waals surface area contributed by atoms with E-state index in [0.717, 1.165) is 6.54 Å². The molecule has 1 aromatic heterocycles. The molecule has 3 nitrogen and oxygen atoms in total. The summed E-state index contributed by atoms with van der Waals surface area (Å²) in [7, 11) is 0. The van der Waals surface area contributed by atoms with Crippen molar-refractivity contribution in [1.82, 2.24) is 10.3 Å². The summed E-state index contributed by atoms with van der Waals surface area (Å²) in [5, 5.41) is 3.55. The fourth-order valence-electron chi connectivity index (χ4n) is 2.36. The molecular weight excluding hydrogens is 222 g/mol. The Morgan fingerprint density at radius 3 is 2.61 bits per heavy atom. The quantitative estimate of drug-likeness (QED) is 0.890. The Bertz CT molecular complexity index is 376. The van der Waals surface area contributed by atoms with Gasteiger partial charge in [-0.05, 0) is 46.1 Å². The highest BCUT2D eigenvalue weighted by molar-refractivity contribution is 5.52. The Hall–Kier alpha value is -1.09. The highest BCUT2D eigenvalue weighted by atomic mass is 15.1. The molecule has 1 saturated heterocycles. The molecular formula is C15H25N3. The second kappa shape index (κ2) is 5.70. The second-order valence-electron chi connectivity index (χ2n) is 6.16. The Kier molecular flexibility index (Phi) is 4.23. The number of piperidine rings is 1. The van der Waals surface area contributed by atoms with Crippen LogP contribution in [-0.4, -0.2) is 23.6 Å². The van der Waals surface area contributed by atoms with Crippen LogP contribution in [0.15, 0.2) is 18.5 Å². The average molecular weight is 247 g/mol. The van der Waals surface area contributed by atoms with Crippen molar-refractivity contribution in [2.45, 2.75) is 52.1 Å². The number of aromatic nitrogens is 1. The Morgan fingerprint density at radius 1 is 1.22 bits per heavy atom. The first-order valence-corrected chi connectivity index (χ1v) is 6.99. The maximum Gasteiger partial charge on any atom is 0.0442 e. The number of rotatable bonds is 3. The largest absolute Gasteiger partial charge is 0.371 e. The Balaban J connectivity index is 2.09. The van der Waals surface area contributed by atoms with Crippen molar-refractivity contribution in [2.75, 3.05) is 18.0 Å². The molecule has 1 fully saturated rings. The zero-order valence-electron chi connectivity index (χ0n) is 11.9. The Morgan fingerprint density at radius 2 is 1.94 bits per heavy atom. The van der Waals surface area contributed by atoms with Crippen molar-refractivity contribution < 1.29 is 0 Å². The third-order valence-corrected chi connectivity index (χ3v) is 3.38. The molecule has 1 aromatic rings. The summed E-state index contributed by atoms with van der Waals surface area (Å²) in [4.78, 5) is 6.78. The maximum atomic E-state index is 4.27. The molecule has 0 radical (unpaired) electrons. The van der Waals surface area contributed by atoms with E-state index in [0.29, 0.717) is 0 Å². The van der Waals surface area contributed by atoms with Crippen LogP contribution in [0.4, 0.5) is 5.69 Å². The smallest absolute Gasteiger partial charge is 0.0442 e.